The summed E-state index contributed by atoms with van der Waals surface area (Å²) in [5.74, 6) is 0.333. The Balaban J connectivity index is 2.14. The summed E-state index contributed by atoms with van der Waals surface area (Å²) in [5, 5.41) is 0. The molecule has 24 heavy (non-hydrogen) atoms. The van der Waals surface area contributed by atoms with Crippen molar-refractivity contribution in [2.24, 2.45) is 9.98 Å². The van der Waals surface area contributed by atoms with Crippen molar-refractivity contribution >= 4 is 11.9 Å². The number of allylic oxidation sites excluding steroid dienone is 3. The Kier molecular flexibility index (Phi) is 4.15. The average Bonchev–Trinajstić information content (AvgIpc) is 2.51. The number of alkyl halides is 3. The Hall–Kier alpha value is -1.89. The molecule has 0 aromatic rings. The molecule has 7 heteroatoms. The molecule has 0 aromatic carbocycles. The van der Waals surface area contributed by atoms with Gasteiger partial charge in [0.15, 0.2) is 0 Å². The molecule has 2 atom stereocenters. The fourth-order valence-electron chi connectivity index (χ4n) is 2.87. The standard InChI is InChI=1S/C17H19F3N2O2/c1-4-12-9-21-15-8-11(17(18,19)20)7-13-14(23-10(2)3)5-6-22-16(13,15)24-12/h5-8,10,12H,4,9H2,1-3H3/t12-,16?/m1/s1. The number of nitrogens with zero attached hydrogens (tertiary/aromatic N) is 2. The van der Waals surface area contributed by atoms with Crippen LogP contribution >= 0.6 is 0 Å². The van der Waals surface area contributed by atoms with Crippen LogP contribution in [0.1, 0.15) is 27.2 Å². The first-order valence-corrected chi connectivity index (χ1v) is 7.92. The maximum absolute atomic E-state index is 13.3. The summed E-state index contributed by atoms with van der Waals surface area (Å²) >= 11 is 0. The zero-order chi connectivity index (χ0) is 17.5. The van der Waals surface area contributed by atoms with Gasteiger partial charge in [-0.25, -0.2) is 4.99 Å². The summed E-state index contributed by atoms with van der Waals surface area (Å²) in [6.07, 6.45) is 0.976. The zero-order valence-electron chi connectivity index (χ0n) is 13.7. The summed E-state index contributed by atoms with van der Waals surface area (Å²) in [6, 6.07) is 0. The number of halogens is 3. The molecule has 0 N–H and O–H groups in total. The quantitative estimate of drug-likeness (QED) is 0.785. The van der Waals surface area contributed by atoms with E-state index in [0.717, 1.165) is 12.2 Å². The SMILES string of the molecule is CC[C@@H]1CN=C2C=C(C(F)(F)F)C=C3C(OC(C)C)=CC=NC32O1. The van der Waals surface area contributed by atoms with Crippen LogP contribution in [0.3, 0.4) is 0 Å². The molecule has 130 valence electrons. The van der Waals surface area contributed by atoms with Crippen molar-refractivity contribution in [3.8, 4) is 0 Å². The maximum Gasteiger partial charge on any atom is 0.416 e. The van der Waals surface area contributed by atoms with Crippen molar-refractivity contribution in [2.75, 3.05) is 6.54 Å². The second-order valence-corrected chi connectivity index (χ2v) is 6.15. The number of hydrogen-bond acceptors (Lipinski definition) is 4. The molecule has 0 bridgehead atoms. The predicted molar refractivity (Wildman–Crippen MR) is 85.2 cm³/mol. The van der Waals surface area contributed by atoms with E-state index in [-0.39, 0.29) is 23.5 Å². The molecule has 3 rings (SSSR count). The van der Waals surface area contributed by atoms with Crippen molar-refractivity contribution in [1.82, 2.24) is 0 Å². The summed E-state index contributed by atoms with van der Waals surface area (Å²) in [7, 11) is 0. The van der Waals surface area contributed by atoms with E-state index in [4.69, 9.17) is 9.47 Å². The van der Waals surface area contributed by atoms with Gasteiger partial charge >= 0.3 is 6.18 Å². The fraction of sp³-hybridized carbons (Fsp3) is 0.529. The maximum atomic E-state index is 13.3. The number of hydrogen-bond donors (Lipinski definition) is 0. The molecule has 0 fully saturated rings. The molecule has 0 aromatic heterocycles. The molecular weight excluding hydrogens is 321 g/mol. The van der Waals surface area contributed by atoms with Crippen LogP contribution < -0.4 is 0 Å². The Bertz CT molecular complexity index is 686. The lowest BCUT2D eigenvalue weighted by Crippen LogP contribution is -2.51. The molecule has 0 saturated heterocycles. The first-order valence-electron chi connectivity index (χ1n) is 7.92. The van der Waals surface area contributed by atoms with E-state index in [1.165, 1.54) is 6.21 Å². The van der Waals surface area contributed by atoms with Crippen LogP contribution in [0.5, 0.6) is 0 Å². The summed E-state index contributed by atoms with van der Waals surface area (Å²) < 4.78 is 51.6. The highest BCUT2D eigenvalue weighted by Gasteiger charge is 2.51. The molecule has 1 spiro atoms. The van der Waals surface area contributed by atoms with E-state index in [2.05, 4.69) is 9.98 Å². The van der Waals surface area contributed by atoms with Crippen molar-refractivity contribution in [3.63, 3.8) is 0 Å². The smallest absolute Gasteiger partial charge is 0.416 e. The van der Waals surface area contributed by atoms with Gasteiger partial charge in [0.05, 0.1) is 35.6 Å². The Morgan fingerprint density at radius 2 is 2.12 bits per heavy atom. The minimum absolute atomic E-state index is 0.172. The lowest BCUT2D eigenvalue weighted by molar-refractivity contribution is -0.0892. The van der Waals surface area contributed by atoms with E-state index in [1.807, 2.05) is 20.8 Å². The van der Waals surface area contributed by atoms with Gasteiger partial charge in [0, 0.05) is 6.21 Å². The lowest BCUT2D eigenvalue weighted by Gasteiger charge is -2.42. The monoisotopic (exact) mass is 340 g/mol. The fourth-order valence-corrected chi connectivity index (χ4v) is 2.87. The molecule has 0 amide bonds. The molecule has 2 heterocycles. The number of dihydropyridines is 1. The van der Waals surface area contributed by atoms with Gasteiger partial charge in [0.2, 0.25) is 5.72 Å². The normalized spacial score (nSPS) is 29.2. The van der Waals surface area contributed by atoms with Gasteiger partial charge in [-0.3, -0.25) is 4.99 Å². The first-order chi connectivity index (χ1) is 11.3. The average molecular weight is 340 g/mol. The van der Waals surface area contributed by atoms with Gasteiger partial charge in [-0.15, -0.1) is 0 Å². The third-order valence-electron chi connectivity index (χ3n) is 4.00. The second-order valence-electron chi connectivity index (χ2n) is 6.15. The third kappa shape index (κ3) is 2.81. The number of aliphatic imine (C=N–C) groups is 2. The highest BCUT2D eigenvalue weighted by atomic mass is 19.4. The lowest BCUT2D eigenvalue weighted by atomic mass is 9.85. The van der Waals surface area contributed by atoms with Crippen LogP contribution in [0.4, 0.5) is 13.2 Å². The minimum atomic E-state index is -4.48. The van der Waals surface area contributed by atoms with E-state index < -0.39 is 17.5 Å². The van der Waals surface area contributed by atoms with Gasteiger partial charge in [-0.1, -0.05) is 6.92 Å². The van der Waals surface area contributed by atoms with E-state index in [1.54, 1.807) is 6.08 Å². The second kappa shape index (κ2) is 5.88. The van der Waals surface area contributed by atoms with Crippen LogP contribution in [-0.4, -0.2) is 42.6 Å². The van der Waals surface area contributed by atoms with Gasteiger partial charge in [0.25, 0.3) is 0 Å². The zero-order valence-corrected chi connectivity index (χ0v) is 13.7. The molecule has 2 aliphatic heterocycles. The van der Waals surface area contributed by atoms with Crippen LogP contribution in [-0.2, 0) is 9.47 Å². The van der Waals surface area contributed by atoms with Crippen LogP contribution in [0.25, 0.3) is 0 Å². The van der Waals surface area contributed by atoms with Gasteiger partial charge < -0.3 is 9.47 Å². The van der Waals surface area contributed by atoms with Crippen LogP contribution in [0.15, 0.2) is 45.1 Å². The van der Waals surface area contributed by atoms with Crippen molar-refractivity contribution in [2.45, 2.75) is 51.3 Å². The molecular formula is C17H19F3N2O2. The Morgan fingerprint density at radius 1 is 1.38 bits per heavy atom. The molecule has 4 nitrogen and oxygen atoms in total. The van der Waals surface area contributed by atoms with E-state index >= 15 is 0 Å². The summed E-state index contributed by atoms with van der Waals surface area (Å²) in [4.78, 5) is 8.70. The number of ether oxygens (including phenoxy) is 2. The van der Waals surface area contributed by atoms with Gasteiger partial charge in [-0.05, 0) is 38.5 Å². The molecule has 3 aliphatic rings. The summed E-state index contributed by atoms with van der Waals surface area (Å²) in [5.41, 5.74) is -1.69. The molecule has 1 aliphatic carbocycles. The van der Waals surface area contributed by atoms with E-state index in [9.17, 15) is 13.2 Å². The van der Waals surface area contributed by atoms with E-state index in [0.29, 0.717) is 18.7 Å². The largest absolute Gasteiger partial charge is 0.490 e. The molecule has 0 saturated carbocycles. The molecule has 1 unspecified atom stereocenters. The third-order valence-corrected chi connectivity index (χ3v) is 4.00. The topological polar surface area (TPSA) is 43.2 Å². The van der Waals surface area contributed by atoms with Crippen molar-refractivity contribution in [3.05, 3.63) is 35.1 Å². The first kappa shape index (κ1) is 17.0. The van der Waals surface area contributed by atoms with Crippen LogP contribution in [0.2, 0.25) is 0 Å². The van der Waals surface area contributed by atoms with Gasteiger partial charge in [0.1, 0.15) is 5.76 Å². The highest BCUT2D eigenvalue weighted by molar-refractivity contribution is 6.09. The highest BCUT2D eigenvalue weighted by Crippen LogP contribution is 2.44. The summed E-state index contributed by atoms with van der Waals surface area (Å²) in [6.45, 7) is 5.89. The van der Waals surface area contributed by atoms with Gasteiger partial charge in [-0.2, -0.15) is 13.2 Å². The van der Waals surface area contributed by atoms with Crippen molar-refractivity contribution < 1.29 is 22.6 Å². The number of rotatable bonds is 3. The minimum Gasteiger partial charge on any atom is -0.490 e. The Labute approximate surface area is 138 Å². The predicted octanol–water partition coefficient (Wildman–Crippen LogP) is 3.75. The van der Waals surface area contributed by atoms with Crippen LogP contribution in [0, 0.1) is 0 Å². The Morgan fingerprint density at radius 3 is 2.75 bits per heavy atom. The molecule has 0 radical (unpaired) electrons. The van der Waals surface area contributed by atoms with Crippen molar-refractivity contribution in [1.29, 1.82) is 0 Å².